The molecule has 2 N–H and O–H groups in total. The third-order valence-corrected chi connectivity index (χ3v) is 4.67. The second-order valence-electron chi connectivity index (χ2n) is 5.30. The second kappa shape index (κ2) is 8.06. The summed E-state index contributed by atoms with van der Waals surface area (Å²) in [4.78, 5) is 22.6. The average Bonchev–Trinajstić information content (AvgIpc) is 3.22. The summed E-state index contributed by atoms with van der Waals surface area (Å²) in [6, 6.07) is 6.82. The zero-order valence-electron chi connectivity index (χ0n) is 13.9. The number of hydrogen-bond donors (Lipinski definition) is 2. The van der Waals surface area contributed by atoms with Crippen molar-refractivity contribution in [3.05, 3.63) is 62.8 Å². The van der Waals surface area contributed by atoms with Gasteiger partial charge in [-0.15, -0.1) is 0 Å². The average molecular weight is 417 g/mol. The highest BCUT2D eigenvalue weighted by Gasteiger charge is 2.31. The lowest BCUT2D eigenvalue weighted by atomic mass is 10.2. The molecule has 2 aromatic rings. The third kappa shape index (κ3) is 4.27. The quantitative estimate of drug-likeness (QED) is 0.189. The molecule has 0 radical (unpaired) electrons. The minimum atomic E-state index is -0.647. The predicted molar refractivity (Wildman–Crippen MR) is 108 cm³/mol. The Balaban J connectivity index is 1.69. The molecule has 11 heteroatoms. The third-order valence-electron chi connectivity index (χ3n) is 3.39. The highest BCUT2D eigenvalue weighted by molar-refractivity contribution is 8.26. The van der Waals surface area contributed by atoms with Crippen LogP contribution in [0.15, 0.2) is 50.8 Å². The van der Waals surface area contributed by atoms with Gasteiger partial charge >= 0.3 is 5.88 Å². The first kappa shape index (κ1) is 19.3. The highest BCUT2D eigenvalue weighted by Crippen LogP contribution is 2.34. The fourth-order valence-corrected chi connectivity index (χ4v) is 3.29. The molecule has 1 fully saturated rings. The van der Waals surface area contributed by atoms with Crippen LogP contribution in [0.4, 0.5) is 5.88 Å². The Hall–Kier alpha value is -3.44. The number of amides is 1. The maximum absolute atomic E-state index is 12.4. The molecule has 0 aliphatic carbocycles. The van der Waals surface area contributed by atoms with Gasteiger partial charge in [0.25, 0.3) is 5.91 Å². The van der Waals surface area contributed by atoms with Crippen LogP contribution in [0.2, 0.25) is 0 Å². The number of hydrazone groups is 1. The zero-order valence-corrected chi connectivity index (χ0v) is 15.5. The molecular weight excluding hydrogens is 406 g/mol. The molecule has 0 saturated carbocycles. The first-order valence-corrected chi connectivity index (χ1v) is 8.82. The summed E-state index contributed by atoms with van der Waals surface area (Å²) in [5, 5.41) is 34.4. The van der Waals surface area contributed by atoms with Crippen LogP contribution in [0, 0.1) is 10.1 Å². The van der Waals surface area contributed by atoms with E-state index in [1.165, 1.54) is 54.8 Å². The molecule has 1 aliphatic rings. The van der Waals surface area contributed by atoms with Crippen LogP contribution in [0.1, 0.15) is 11.3 Å². The van der Waals surface area contributed by atoms with Crippen LogP contribution < -0.4 is 0 Å². The van der Waals surface area contributed by atoms with Gasteiger partial charge in [0.05, 0.1) is 11.0 Å². The molecule has 1 aromatic carbocycles. The fraction of sp³-hybridized carbons (Fsp3) is 0. The van der Waals surface area contributed by atoms with E-state index < -0.39 is 10.8 Å². The number of phenols is 2. The van der Waals surface area contributed by atoms with Crippen molar-refractivity contribution in [2.75, 3.05) is 0 Å². The molecule has 0 bridgehead atoms. The molecular formula is C17H11N3O6S2. The van der Waals surface area contributed by atoms with E-state index in [1.807, 2.05) is 0 Å². The molecule has 0 spiro atoms. The second-order valence-corrected chi connectivity index (χ2v) is 6.97. The van der Waals surface area contributed by atoms with Gasteiger partial charge in [0.15, 0.2) is 15.8 Å². The smallest absolute Gasteiger partial charge is 0.433 e. The molecule has 28 heavy (non-hydrogen) atoms. The lowest BCUT2D eigenvalue weighted by molar-refractivity contribution is -0.402. The Bertz CT molecular complexity index is 1060. The number of nitrogens with zero attached hydrogens (tertiary/aromatic N) is 3. The predicted octanol–water partition coefficient (Wildman–Crippen LogP) is 3.50. The molecule has 0 unspecified atom stereocenters. The summed E-state index contributed by atoms with van der Waals surface area (Å²) in [6.07, 6.45) is 5.71. The molecule has 3 rings (SSSR count). The van der Waals surface area contributed by atoms with Gasteiger partial charge in [0.1, 0.15) is 10.7 Å². The minimum absolute atomic E-state index is 0.220. The topological polar surface area (TPSA) is 129 Å². The van der Waals surface area contributed by atoms with Crippen LogP contribution >= 0.6 is 24.0 Å². The SMILES string of the molecule is O=C1/C(=C\c2ccc(O)c(O)c2)SC(=S)N1/N=C/C=C/c1ccc([N+](=O)[O-])o1. The van der Waals surface area contributed by atoms with Gasteiger partial charge in [-0.3, -0.25) is 14.9 Å². The Morgan fingerprint density at radius 1 is 1.25 bits per heavy atom. The Morgan fingerprint density at radius 2 is 2.04 bits per heavy atom. The molecule has 9 nitrogen and oxygen atoms in total. The lowest BCUT2D eigenvalue weighted by Gasteiger charge is -2.04. The number of allylic oxidation sites excluding steroid dienone is 1. The Kier molecular flexibility index (Phi) is 5.57. The maximum atomic E-state index is 12.4. The number of carbonyl (C=O) groups is 1. The van der Waals surface area contributed by atoms with Crippen LogP contribution in [0.5, 0.6) is 11.5 Å². The molecule has 1 aliphatic heterocycles. The highest BCUT2D eigenvalue weighted by atomic mass is 32.2. The number of nitro groups is 1. The molecule has 1 aromatic heterocycles. The van der Waals surface area contributed by atoms with Gasteiger partial charge in [0.2, 0.25) is 0 Å². The maximum Gasteiger partial charge on any atom is 0.433 e. The Labute approximate surface area is 167 Å². The number of benzene rings is 1. The summed E-state index contributed by atoms with van der Waals surface area (Å²) >= 11 is 6.18. The van der Waals surface area contributed by atoms with Crippen molar-refractivity contribution in [2.45, 2.75) is 0 Å². The zero-order chi connectivity index (χ0) is 20.3. The normalized spacial score (nSPS) is 16.1. The number of furan rings is 1. The summed E-state index contributed by atoms with van der Waals surface area (Å²) in [5.41, 5.74) is 0.513. The summed E-state index contributed by atoms with van der Waals surface area (Å²) < 4.78 is 5.18. The number of hydrogen-bond acceptors (Lipinski definition) is 9. The molecule has 0 atom stereocenters. The van der Waals surface area contributed by atoms with Crippen molar-refractivity contribution in [3.63, 3.8) is 0 Å². The van der Waals surface area contributed by atoms with E-state index in [4.69, 9.17) is 16.6 Å². The first-order valence-electron chi connectivity index (χ1n) is 7.60. The van der Waals surface area contributed by atoms with Crippen LogP contribution in [0.25, 0.3) is 12.2 Å². The number of thiocarbonyl (C=S) groups is 1. The largest absolute Gasteiger partial charge is 0.504 e. The van der Waals surface area contributed by atoms with E-state index in [1.54, 1.807) is 0 Å². The van der Waals surface area contributed by atoms with Crippen molar-refractivity contribution in [1.29, 1.82) is 0 Å². The number of carbonyl (C=O) groups excluding carboxylic acids is 1. The van der Waals surface area contributed by atoms with E-state index >= 15 is 0 Å². The number of aromatic hydroxyl groups is 2. The van der Waals surface area contributed by atoms with Crippen molar-refractivity contribution in [3.8, 4) is 11.5 Å². The van der Waals surface area contributed by atoms with E-state index in [0.717, 1.165) is 16.8 Å². The molecule has 2 heterocycles. The molecule has 1 amide bonds. The summed E-state index contributed by atoms with van der Waals surface area (Å²) in [6.45, 7) is 0. The van der Waals surface area contributed by atoms with Crippen molar-refractivity contribution in [1.82, 2.24) is 5.01 Å². The van der Waals surface area contributed by atoms with Crippen LogP contribution in [-0.4, -0.2) is 36.6 Å². The summed E-state index contributed by atoms with van der Waals surface area (Å²) in [5.74, 6) is -1.12. The van der Waals surface area contributed by atoms with E-state index in [0.29, 0.717) is 10.5 Å². The van der Waals surface area contributed by atoms with Crippen molar-refractivity contribution >= 4 is 58.5 Å². The van der Waals surface area contributed by atoms with Gasteiger partial charge in [-0.25, -0.2) is 0 Å². The number of rotatable bonds is 5. The van der Waals surface area contributed by atoms with Gasteiger partial charge < -0.3 is 14.6 Å². The minimum Gasteiger partial charge on any atom is -0.504 e. The number of thioether (sulfide) groups is 1. The lowest BCUT2D eigenvalue weighted by Crippen LogP contribution is -2.21. The van der Waals surface area contributed by atoms with Gasteiger partial charge in [-0.1, -0.05) is 17.8 Å². The van der Waals surface area contributed by atoms with E-state index in [-0.39, 0.29) is 27.5 Å². The van der Waals surface area contributed by atoms with Crippen molar-refractivity contribution < 1.29 is 24.3 Å². The van der Waals surface area contributed by atoms with Gasteiger partial charge in [-0.05, 0) is 54.2 Å². The first-order chi connectivity index (χ1) is 13.3. The van der Waals surface area contributed by atoms with Gasteiger partial charge in [0, 0.05) is 6.21 Å². The fourth-order valence-electron chi connectivity index (χ4n) is 2.11. The Morgan fingerprint density at radius 3 is 2.71 bits per heavy atom. The summed E-state index contributed by atoms with van der Waals surface area (Å²) in [7, 11) is 0. The van der Waals surface area contributed by atoms with E-state index in [9.17, 15) is 25.1 Å². The van der Waals surface area contributed by atoms with Crippen molar-refractivity contribution in [2.24, 2.45) is 5.10 Å². The van der Waals surface area contributed by atoms with Gasteiger partial charge in [-0.2, -0.15) is 10.1 Å². The standard InChI is InChI=1S/C17H11N3O6S2/c21-12-5-3-10(8-13(12)22)9-14-16(23)19(17(27)28-14)18-7-1-2-11-4-6-15(26-11)20(24)25/h1-9,21-22H/b2-1+,14-9+,18-7+. The molecule has 142 valence electrons. The van der Waals surface area contributed by atoms with Crippen LogP contribution in [0.3, 0.4) is 0 Å². The molecule has 1 saturated heterocycles. The van der Waals surface area contributed by atoms with E-state index in [2.05, 4.69) is 5.10 Å². The van der Waals surface area contributed by atoms with Crippen LogP contribution in [-0.2, 0) is 4.79 Å². The monoisotopic (exact) mass is 417 g/mol. The number of phenolic OH excluding ortho intramolecular Hbond substituents is 2.